The quantitative estimate of drug-likeness (QED) is 0.109. The van der Waals surface area contributed by atoms with Gasteiger partial charge in [0.25, 0.3) is 5.91 Å². The Morgan fingerprint density at radius 2 is 1.66 bits per heavy atom. The molecule has 1 amide bonds. The normalized spacial score (nSPS) is 14.7. The fourth-order valence-corrected chi connectivity index (χ4v) is 7.01. The van der Waals surface area contributed by atoms with Gasteiger partial charge in [0, 0.05) is 68.0 Å². The molecular weight excluding hydrogens is 663 g/mol. The summed E-state index contributed by atoms with van der Waals surface area (Å²) in [6, 6.07) is 31.7. The summed E-state index contributed by atoms with van der Waals surface area (Å²) in [7, 11) is 2.18. The molecule has 8 heteroatoms. The zero-order valence-electron chi connectivity index (χ0n) is 31.7. The van der Waals surface area contributed by atoms with Gasteiger partial charge in [0.05, 0.1) is 13.2 Å². The smallest absolute Gasteiger partial charge is 0.251 e. The Morgan fingerprint density at radius 3 is 2.43 bits per heavy atom. The number of hydrogen-bond acceptors (Lipinski definition) is 7. The number of carbonyl (C=O) groups excluding carboxylic acids is 1. The largest absolute Gasteiger partial charge is 0.494 e. The maximum absolute atomic E-state index is 13.9. The summed E-state index contributed by atoms with van der Waals surface area (Å²) in [4.78, 5) is 18.7. The topological polar surface area (TPSA) is 72.5 Å². The number of ether oxygens (including phenoxy) is 4. The van der Waals surface area contributed by atoms with Crippen molar-refractivity contribution in [2.45, 2.75) is 65.1 Å². The summed E-state index contributed by atoms with van der Waals surface area (Å²) in [6.07, 6.45) is 7.00. The highest BCUT2D eigenvalue weighted by Crippen LogP contribution is 2.35. The Morgan fingerprint density at radius 1 is 0.887 bits per heavy atom. The average Bonchev–Trinajstić information content (AvgIpc) is 3.37. The Kier molecular flexibility index (Phi) is 14.0. The molecule has 4 aromatic rings. The number of unbranched alkanes of at least 4 members (excludes halogenated alkanes) is 1. The number of amides is 1. The number of nitrogens with zero attached hydrogens (tertiary/aromatic N) is 2. The first-order chi connectivity index (χ1) is 26.0. The van der Waals surface area contributed by atoms with Gasteiger partial charge in [-0.3, -0.25) is 9.69 Å². The maximum Gasteiger partial charge on any atom is 0.251 e. The van der Waals surface area contributed by atoms with E-state index in [0.29, 0.717) is 45.4 Å². The van der Waals surface area contributed by atoms with Crippen molar-refractivity contribution in [1.82, 2.24) is 4.90 Å². The predicted octanol–water partition coefficient (Wildman–Crippen LogP) is 8.99. The number of para-hydroxylation sites is 1. The van der Waals surface area contributed by atoms with Crippen LogP contribution in [0.3, 0.4) is 0 Å². The summed E-state index contributed by atoms with van der Waals surface area (Å²) in [5, 5.41) is 3.19. The van der Waals surface area contributed by atoms with Crippen LogP contribution in [0.15, 0.2) is 96.6 Å². The van der Waals surface area contributed by atoms with Crippen LogP contribution in [0.25, 0.3) is 17.2 Å². The molecule has 2 aliphatic heterocycles. The third-order valence-electron chi connectivity index (χ3n) is 10.1. The van der Waals surface area contributed by atoms with Crippen molar-refractivity contribution >= 4 is 23.4 Å². The molecule has 1 saturated heterocycles. The Balaban J connectivity index is 1.19. The zero-order valence-corrected chi connectivity index (χ0v) is 31.7. The van der Waals surface area contributed by atoms with E-state index >= 15 is 0 Å². The van der Waals surface area contributed by atoms with Gasteiger partial charge in [0.15, 0.2) is 0 Å². The van der Waals surface area contributed by atoms with E-state index in [9.17, 15) is 4.79 Å². The van der Waals surface area contributed by atoms with Crippen molar-refractivity contribution in [3.05, 3.63) is 113 Å². The lowest BCUT2D eigenvalue weighted by Gasteiger charge is -2.31. The third-order valence-corrected chi connectivity index (χ3v) is 10.1. The van der Waals surface area contributed by atoms with Gasteiger partial charge in [0.1, 0.15) is 18.1 Å². The molecule has 1 N–H and O–H groups in total. The van der Waals surface area contributed by atoms with Crippen molar-refractivity contribution in [2.24, 2.45) is 0 Å². The van der Waals surface area contributed by atoms with Crippen molar-refractivity contribution in [2.75, 3.05) is 63.5 Å². The average molecular weight is 718 g/mol. The first-order valence-electron chi connectivity index (χ1n) is 19.3. The first-order valence-corrected chi connectivity index (χ1v) is 19.3. The summed E-state index contributed by atoms with van der Waals surface area (Å²) < 4.78 is 23.1. The van der Waals surface area contributed by atoms with E-state index in [4.69, 9.17) is 18.9 Å². The highest BCUT2D eigenvalue weighted by Gasteiger charge is 2.22. The highest BCUT2D eigenvalue weighted by atomic mass is 16.5. The van der Waals surface area contributed by atoms with Gasteiger partial charge in [-0.25, -0.2) is 0 Å². The van der Waals surface area contributed by atoms with Gasteiger partial charge in [0.2, 0.25) is 0 Å². The number of fused-ring (bicyclic) bond motifs is 1. The van der Waals surface area contributed by atoms with Crippen LogP contribution >= 0.6 is 0 Å². The number of rotatable bonds is 17. The molecular formula is C45H55N3O5. The van der Waals surface area contributed by atoms with Crippen LogP contribution in [-0.4, -0.2) is 70.1 Å². The van der Waals surface area contributed by atoms with Gasteiger partial charge in [-0.2, -0.15) is 0 Å². The lowest BCUT2D eigenvalue weighted by molar-refractivity contribution is -0.112. The number of carbonyl (C=O) groups is 1. The molecule has 53 heavy (non-hydrogen) atoms. The minimum absolute atomic E-state index is 0.0785. The van der Waals surface area contributed by atoms with Crippen LogP contribution in [-0.2, 0) is 27.4 Å². The molecule has 0 aliphatic carbocycles. The second-order valence-corrected chi connectivity index (χ2v) is 13.9. The fourth-order valence-electron chi connectivity index (χ4n) is 7.01. The van der Waals surface area contributed by atoms with E-state index in [1.54, 1.807) is 0 Å². The molecule has 0 radical (unpaired) electrons. The zero-order chi connectivity index (χ0) is 36.8. The minimum atomic E-state index is -0.0785. The molecule has 0 unspecified atom stereocenters. The van der Waals surface area contributed by atoms with Crippen LogP contribution in [0.5, 0.6) is 11.5 Å². The van der Waals surface area contributed by atoms with Crippen LogP contribution < -0.4 is 19.7 Å². The van der Waals surface area contributed by atoms with E-state index in [2.05, 4.69) is 89.8 Å². The predicted molar refractivity (Wildman–Crippen MR) is 215 cm³/mol. The molecule has 2 aliphatic rings. The monoisotopic (exact) mass is 717 g/mol. The van der Waals surface area contributed by atoms with E-state index in [1.165, 1.54) is 5.56 Å². The SMILES string of the molecule is CCCCOCCOc1ccc(-c2ccc3c(c2)C=C(C(=O)Nc2ccc(CN(C)C4CCOCC4)cc2)CCN3Cc2ccccc2OCC)cc1. The summed E-state index contributed by atoms with van der Waals surface area (Å²) >= 11 is 0. The molecule has 0 saturated carbocycles. The third kappa shape index (κ3) is 10.7. The van der Waals surface area contributed by atoms with Crippen LogP contribution in [0.2, 0.25) is 0 Å². The van der Waals surface area contributed by atoms with Crippen molar-refractivity contribution in [3.63, 3.8) is 0 Å². The number of anilines is 2. The molecule has 0 bridgehead atoms. The van der Waals surface area contributed by atoms with Gasteiger partial charge in [-0.1, -0.05) is 61.9 Å². The maximum atomic E-state index is 13.9. The van der Waals surface area contributed by atoms with Crippen LogP contribution in [0, 0.1) is 0 Å². The van der Waals surface area contributed by atoms with Gasteiger partial charge in [-0.15, -0.1) is 0 Å². The molecule has 280 valence electrons. The van der Waals surface area contributed by atoms with Crippen LogP contribution in [0.4, 0.5) is 11.4 Å². The highest BCUT2D eigenvalue weighted by molar-refractivity contribution is 6.07. The molecule has 6 rings (SSSR count). The van der Waals surface area contributed by atoms with E-state index in [0.717, 1.165) is 103 Å². The molecule has 0 spiro atoms. The number of benzene rings is 4. The Hall–Kier alpha value is -4.63. The summed E-state index contributed by atoms with van der Waals surface area (Å²) in [6.45, 7) is 10.5. The lowest BCUT2D eigenvalue weighted by Crippen LogP contribution is -2.36. The fraction of sp³-hybridized carbons (Fsp3) is 0.400. The summed E-state index contributed by atoms with van der Waals surface area (Å²) in [5.74, 6) is 1.63. The Bertz CT molecular complexity index is 1780. The number of nitrogens with one attached hydrogen (secondary N) is 1. The standard InChI is InChI=1S/C45H55N3O5/c1-4-6-25-50-28-29-53-42-18-13-35(14-19-42)36-15-20-43-39(30-36)31-37(21-24-48(43)33-38-9-7-8-10-44(38)52-5-2)45(49)46-40-16-11-34(12-17-40)32-47(3)41-22-26-51-27-23-41/h7-20,30-31,41H,4-6,21-29,32-33H2,1-3H3,(H,46,49). The van der Waals surface area contributed by atoms with Crippen molar-refractivity contribution in [1.29, 1.82) is 0 Å². The molecule has 4 aromatic carbocycles. The molecule has 1 fully saturated rings. The van der Waals surface area contributed by atoms with E-state index in [-0.39, 0.29) is 5.91 Å². The van der Waals surface area contributed by atoms with E-state index < -0.39 is 0 Å². The van der Waals surface area contributed by atoms with Crippen LogP contribution in [0.1, 0.15) is 62.6 Å². The summed E-state index contributed by atoms with van der Waals surface area (Å²) in [5.41, 5.74) is 8.14. The van der Waals surface area contributed by atoms with Crippen molar-refractivity contribution in [3.8, 4) is 22.6 Å². The van der Waals surface area contributed by atoms with Crippen molar-refractivity contribution < 1.29 is 23.7 Å². The van der Waals surface area contributed by atoms with Gasteiger partial charge in [-0.05, 0) is 110 Å². The Labute approximate surface area is 315 Å². The van der Waals surface area contributed by atoms with Gasteiger partial charge < -0.3 is 29.2 Å². The molecule has 0 atom stereocenters. The lowest BCUT2D eigenvalue weighted by atomic mass is 10.00. The minimum Gasteiger partial charge on any atom is -0.494 e. The first kappa shape index (κ1) is 38.1. The van der Waals surface area contributed by atoms with E-state index in [1.807, 2.05) is 43.3 Å². The number of hydrogen-bond donors (Lipinski definition) is 1. The second-order valence-electron chi connectivity index (χ2n) is 13.9. The molecule has 2 heterocycles. The van der Waals surface area contributed by atoms with Gasteiger partial charge >= 0.3 is 0 Å². The molecule has 8 nitrogen and oxygen atoms in total. The second kappa shape index (κ2) is 19.4. The molecule has 0 aromatic heterocycles.